The van der Waals surface area contributed by atoms with Crippen molar-refractivity contribution in [1.82, 2.24) is 5.32 Å². The molecule has 0 radical (unpaired) electrons. The van der Waals surface area contributed by atoms with Crippen LogP contribution in [-0.2, 0) is 24.2 Å². The second-order valence-corrected chi connectivity index (χ2v) is 7.19. The first kappa shape index (κ1) is 19.2. The largest absolute Gasteiger partial charge is 0.496 e. The molecule has 1 aliphatic rings. The predicted molar refractivity (Wildman–Crippen MR) is 106 cm³/mol. The van der Waals surface area contributed by atoms with Gasteiger partial charge in [-0.25, -0.2) is 0 Å². The van der Waals surface area contributed by atoms with Crippen LogP contribution in [0.15, 0.2) is 36.4 Å². The maximum atomic E-state index is 12.4. The van der Waals surface area contributed by atoms with Gasteiger partial charge in [0, 0.05) is 24.9 Å². The number of nitrogens with one attached hydrogen (secondary N) is 1. The van der Waals surface area contributed by atoms with Crippen LogP contribution in [0.25, 0.3) is 0 Å². The highest BCUT2D eigenvalue weighted by molar-refractivity contribution is 5.98. The van der Waals surface area contributed by atoms with Crippen molar-refractivity contribution >= 4 is 11.7 Å². The van der Waals surface area contributed by atoms with Crippen LogP contribution in [-0.4, -0.2) is 18.8 Å². The van der Waals surface area contributed by atoms with Crippen LogP contribution < -0.4 is 10.1 Å². The molecule has 3 rings (SSSR count). The van der Waals surface area contributed by atoms with Crippen molar-refractivity contribution in [2.45, 2.75) is 52.0 Å². The summed E-state index contributed by atoms with van der Waals surface area (Å²) >= 11 is 0. The smallest absolute Gasteiger partial charge is 0.220 e. The van der Waals surface area contributed by atoms with Gasteiger partial charge in [0.15, 0.2) is 5.78 Å². The third-order valence-corrected chi connectivity index (χ3v) is 5.21. The lowest BCUT2D eigenvalue weighted by Gasteiger charge is -2.16. The summed E-state index contributed by atoms with van der Waals surface area (Å²) in [6.45, 7) is 2.41. The van der Waals surface area contributed by atoms with Crippen molar-refractivity contribution in [1.29, 1.82) is 0 Å². The number of aryl methyl sites for hydroxylation is 3. The highest BCUT2D eigenvalue weighted by Crippen LogP contribution is 2.23. The number of methoxy groups -OCH3 is 1. The number of fused-ring (bicyclic) bond motifs is 1. The standard InChI is InChI=1S/C23H27NO3/c1-16-7-8-17(13-22(16)27-2)15-24-23(26)12-11-21(25)20-10-9-18-5-3-4-6-19(18)14-20/h7-10,13-14H,3-6,11-12,15H2,1-2H3,(H,24,26). The van der Waals surface area contributed by atoms with E-state index < -0.39 is 0 Å². The van der Waals surface area contributed by atoms with E-state index in [1.807, 2.05) is 37.3 Å². The molecule has 0 saturated heterocycles. The lowest BCUT2D eigenvalue weighted by atomic mass is 9.89. The van der Waals surface area contributed by atoms with Crippen molar-refractivity contribution in [2.24, 2.45) is 0 Å². The Morgan fingerprint density at radius 2 is 1.78 bits per heavy atom. The Balaban J connectivity index is 1.49. The van der Waals surface area contributed by atoms with Crippen LogP contribution in [0.2, 0.25) is 0 Å². The highest BCUT2D eigenvalue weighted by Gasteiger charge is 2.14. The summed E-state index contributed by atoms with van der Waals surface area (Å²) in [6.07, 6.45) is 5.03. The maximum absolute atomic E-state index is 12.4. The average molecular weight is 365 g/mol. The minimum absolute atomic E-state index is 0.0375. The molecule has 0 unspecified atom stereocenters. The van der Waals surface area contributed by atoms with Crippen LogP contribution in [0.5, 0.6) is 5.75 Å². The summed E-state index contributed by atoms with van der Waals surface area (Å²) < 4.78 is 5.30. The van der Waals surface area contributed by atoms with Crippen molar-refractivity contribution < 1.29 is 14.3 Å². The molecule has 0 fully saturated rings. The Labute approximate surface area is 160 Å². The molecule has 0 bridgehead atoms. The Bertz CT molecular complexity index is 842. The highest BCUT2D eigenvalue weighted by atomic mass is 16.5. The summed E-state index contributed by atoms with van der Waals surface area (Å²) in [4.78, 5) is 24.5. The number of rotatable bonds is 7. The van der Waals surface area contributed by atoms with Gasteiger partial charge in [0.05, 0.1) is 7.11 Å². The van der Waals surface area contributed by atoms with E-state index in [0.29, 0.717) is 6.54 Å². The zero-order valence-electron chi connectivity index (χ0n) is 16.1. The third kappa shape index (κ3) is 4.97. The van der Waals surface area contributed by atoms with E-state index in [4.69, 9.17) is 4.74 Å². The second-order valence-electron chi connectivity index (χ2n) is 7.19. The third-order valence-electron chi connectivity index (χ3n) is 5.21. The molecule has 0 aromatic heterocycles. The van der Waals surface area contributed by atoms with Gasteiger partial charge in [0.2, 0.25) is 5.91 Å². The number of ketones is 1. The molecule has 4 heteroatoms. The molecule has 1 amide bonds. The summed E-state index contributed by atoms with van der Waals surface area (Å²) in [5.41, 5.74) is 5.43. The Hall–Kier alpha value is -2.62. The molecule has 2 aromatic carbocycles. The van der Waals surface area contributed by atoms with Crippen LogP contribution in [0.1, 0.15) is 58.3 Å². The molecule has 142 valence electrons. The van der Waals surface area contributed by atoms with Crippen LogP contribution in [0, 0.1) is 6.92 Å². The van der Waals surface area contributed by atoms with Crippen LogP contribution in [0.3, 0.4) is 0 Å². The zero-order chi connectivity index (χ0) is 19.2. The second kappa shape index (κ2) is 8.85. The molecule has 0 aliphatic heterocycles. The molecule has 1 aliphatic carbocycles. The number of hydrogen-bond donors (Lipinski definition) is 1. The molecule has 0 saturated carbocycles. The topological polar surface area (TPSA) is 55.4 Å². The van der Waals surface area contributed by atoms with Crippen molar-refractivity contribution in [2.75, 3.05) is 7.11 Å². The van der Waals surface area contributed by atoms with Gasteiger partial charge in [0.25, 0.3) is 0 Å². The fourth-order valence-electron chi connectivity index (χ4n) is 3.54. The van der Waals surface area contributed by atoms with Crippen LogP contribution in [0.4, 0.5) is 0 Å². The first-order valence-corrected chi connectivity index (χ1v) is 9.62. The number of carbonyl (C=O) groups excluding carboxylic acids is 2. The number of benzene rings is 2. The number of ether oxygens (including phenoxy) is 1. The minimum atomic E-state index is -0.110. The lowest BCUT2D eigenvalue weighted by Crippen LogP contribution is -2.23. The molecule has 2 aromatic rings. The van der Waals surface area contributed by atoms with Crippen molar-refractivity contribution in [3.05, 3.63) is 64.2 Å². The molecule has 0 atom stereocenters. The van der Waals surface area contributed by atoms with Gasteiger partial charge in [-0.1, -0.05) is 24.3 Å². The van der Waals surface area contributed by atoms with Gasteiger partial charge in [-0.15, -0.1) is 0 Å². The van der Waals surface area contributed by atoms with E-state index >= 15 is 0 Å². The van der Waals surface area contributed by atoms with Crippen molar-refractivity contribution in [3.63, 3.8) is 0 Å². The minimum Gasteiger partial charge on any atom is -0.496 e. The van der Waals surface area contributed by atoms with Gasteiger partial charge in [-0.05, 0) is 67.0 Å². The number of Topliss-reactive ketones (excluding diaryl/α,β-unsaturated/α-hetero) is 1. The predicted octanol–water partition coefficient (Wildman–Crippen LogP) is 4.16. The SMILES string of the molecule is COc1cc(CNC(=O)CCC(=O)c2ccc3c(c2)CCCC3)ccc1C. The van der Waals surface area contributed by atoms with E-state index in [1.165, 1.54) is 24.0 Å². The summed E-state index contributed by atoms with van der Waals surface area (Å²) in [7, 11) is 1.64. The maximum Gasteiger partial charge on any atom is 0.220 e. The number of hydrogen-bond acceptors (Lipinski definition) is 3. The average Bonchev–Trinajstić information content (AvgIpc) is 2.71. The van der Waals surface area contributed by atoms with Gasteiger partial charge in [-0.2, -0.15) is 0 Å². The van der Waals surface area contributed by atoms with Gasteiger partial charge in [0.1, 0.15) is 5.75 Å². The first-order valence-electron chi connectivity index (χ1n) is 9.62. The fourth-order valence-corrected chi connectivity index (χ4v) is 3.54. The Kier molecular flexibility index (Phi) is 6.28. The van der Waals surface area contributed by atoms with Gasteiger partial charge < -0.3 is 10.1 Å². The van der Waals surface area contributed by atoms with E-state index in [-0.39, 0.29) is 24.5 Å². The van der Waals surface area contributed by atoms with Crippen LogP contribution >= 0.6 is 0 Å². The molecule has 4 nitrogen and oxygen atoms in total. The molecular formula is C23H27NO3. The van der Waals surface area contributed by atoms with E-state index in [2.05, 4.69) is 11.4 Å². The zero-order valence-corrected chi connectivity index (χ0v) is 16.1. The van der Waals surface area contributed by atoms with Gasteiger partial charge in [-0.3, -0.25) is 9.59 Å². The lowest BCUT2D eigenvalue weighted by molar-refractivity contribution is -0.121. The van der Waals surface area contributed by atoms with E-state index in [0.717, 1.165) is 35.3 Å². The van der Waals surface area contributed by atoms with E-state index in [1.54, 1.807) is 7.11 Å². The fraction of sp³-hybridized carbons (Fsp3) is 0.391. The monoisotopic (exact) mass is 365 g/mol. The van der Waals surface area contributed by atoms with E-state index in [9.17, 15) is 9.59 Å². The number of carbonyl (C=O) groups is 2. The Morgan fingerprint density at radius 1 is 1.00 bits per heavy atom. The number of amides is 1. The Morgan fingerprint density at radius 3 is 2.56 bits per heavy atom. The summed E-state index contributed by atoms with van der Waals surface area (Å²) in [5.74, 6) is 0.737. The summed E-state index contributed by atoms with van der Waals surface area (Å²) in [6, 6.07) is 11.9. The molecule has 27 heavy (non-hydrogen) atoms. The molecule has 0 heterocycles. The normalized spacial score (nSPS) is 13.0. The van der Waals surface area contributed by atoms with Gasteiger partial charge >= 0.3 is 0 Å². The van der Waals surface area contributed by atoms with Crippen molar-refractivity contribution in [3.8, 4) is 5.75 Å². The summed E-state index contributed by atoms with van der Waals surface area (Å²) in [5, 5.41) is 2.88. The first-order chi connectivity index (χ1) is 13.1. The molecular weight excluding hydrogens is 338 g/mol. The quantitative estimate of drug-likeness (QED) is 0.750. The molecule has 1 N–H and O–H groups in total. The molecule has 0 spiro atoms.